The van der Waals surface area contributed by atoms with Gasteiger partial charge in [-0.2, -0.15) is 0 Å². The zero-order valence-electron chi connectivity index (χ0n) is 20.3. The number of rotatable bonds is 4. The van der Waals surface area contributed by atoms with Crippen LogP contribution in [0.4, 0.5) is 11.6 Å². The van der Waals surface area contributed by atoms with Crippen molar-refractivity contribution in [1.82, 2.24) is 19.9 Å². The van der Waals surface area contributed by atoms with Gasteiger partial charge < -0.3 is 20.7 Å². The smallest absolute Gasteiger partial charge is 0.253 e. The second-order valence-electron chi connectivity index (χ2n) is 9.79. The van der Waals surface area contributed by atoms with Gasteiger partial charge in [0.2, 0.25) is 5.95 Å². The summed E-state index contributed by atoms with van der Waals surface area (Å²) in [6.07, 6.45) is 3.34. The summed E-state index contributed by atoms with van der Waals surface area (Å²) in [5.74, 6) is 0.273. The maximum atomic E-state index is 12.6. The van der Waals surface area contributed by atoms with Crippen molar-refractivity contribution in [2.24, 2.45) is 0 Å². The number of carbonyl (C=O) groups is 1. The van der Waals surface area contributed by atoms with Gasteiger partial charge in [-0.1, -0.05) is 6.07 Å². The van der Waals surface area contributed by atoms with Crippen LogP contribution in [0.15, 0.2) is 60.9 Å². The number of fused-ring (bicyclic) bond motifs is 1. The van der Waals surface area contributed by atoms with Gasteiger partial charge in [0.05, 0.1) is 29.8 Å². The number of nitrogens with two attached hydrogens (primary N) is 1. The number of benzene rings is 2. The molecule has 0 radical (unpaired) electrons. The number of morpholine rings is 1. The zero-order valence-corrected chi connectivity index (χ0v) is 20.3. The number of ether oxygens (including phenoxy) is 1. The summed E-state index contributed by atoms with van der Waals surface area (Å²) >= 11 is 0. The van der Waals surface area contributed by atoms with E-state index in [0.717, 1.165) is 59.8 Å². The Labute approximate surface area is 204 Å². The van der Waals surface area contributed by atoms with Crippen molar-refractivity contribution in [2.45, 2.75) is 26.3 Å². The minimum absolute atomic E-state index is 0.150. The Bertz CT molecular complexity index is 1360. The predicted molar refractivity (Wildman–Crippen MR) is 139 cm³/mol. The van der Waals surface area contributed by atoms with Gasteiger partial charge >= 0.3 is 0 Å². The standard InChI is InChI=1S/C27H30N6O2/c1-27(2,3)31-25(34)20-14-19(16-29-17-20)18-4-9-23-24(15-18)33(26(28)30-23)22-7-5-21(6-8-22)32-10-12-35-13-11-32/h4-9,14-17H,10-13H2,1-3H3,(H2,28,30)(H,31,34). The lowest BCUT2D eigenvalue weighted by Crippen LogP contribution is -2.40. The lowest BCUT2D eigenvalue weighted by molar-refractivity contribution is 0.0919. The second kappa shape index (κ2) is 9.03. The van der Waals surface area contributed by atoms with E-state index in [0.29, 0.717) is 11.5 Å². The highest BCUT2D eigenvalue weighted by Crippen LogP contribution is 2.29. The van der Waals surface area contributed by atoms with Crippen LogP contribution >= 0.6 is 0 Å². The lowest BCUT2D eigenvalue weighted by atomic mass is 10.0. The number of hydrogen-bond acceptors (Lipinski definition) is 6. The first-order chi connectivity index (χ1) is 16.8. The van der Waals surface area contributed by atoms with Crippen LogP contribution in [-0.4, -0.2) is 52.3 Å². The molecule has 4 aromatic rings. The molecule has 0 bridgehead atoms. The van der Waals surface area contributed by atoms with E-state index in [-0.39, 0.29) is 11.4 Å². The van der Waals surface area contributed by atoms with E-state index in [1.807, 2.05) is 49.6 Å². The topological polar surface area (TPSA) is 98.3 Å². The van der Waals surface area contributed by atoms with Gasteiger partial charge in [0.15, 0.2) is 0 Å². The van der Waals surface area contributed by atoms with Gasteiger partial charge in [-0.3, -0.25) is 14.3 Å². The van der Waals surface area contributed by atoms with Gasteiger partial charge in [0.25, 0.3) is 5.91 Å². The summed E-state index contributed by atoms with van der Waals surface area (Å²) in [6.45, 7) is 9.13. The van der Waals surface area contributed by atoms with Crippen molar-refractivity contribution in [3.8, 4) is 16.8 Å². The van der Waals surface area contributed by atoms with Crippen LogP contribution in [0.25, 0.3) is 27.8 Å². The molecule has 0 saturated carbocycles. The van der Waals surface area contributed by atoms with E-state index >= 15 is 0 Å². The van der Waals surface area contributed by atoms with Crippen LogP contribution < -0.4 is 16.0 Å². The summed E-state index contributed by atoms with van der Waals surface area (Å²) in [5, 5.41) is 2.99. The Morgan fingerprint density at radius 3 is 2.40 bits per heavy atom. The first-order valence-electron chi connectivity index (χ1n) is 11.8. The highest BCUT2D eigenvalue weighted by molar-refractivity contribution is 5.96. The molecular formula is C27H30N6O2. The van der Waals surface area contributed by atoms with Crippen LogP contribution in [0, 0.1) is 0 Å². The number of aromatic nitrogens is 3. The first-order valence-corrected chi connectivity index (χ1v) is 11.8. The molecule has 1 amide bonds. The molecule has 3 N–H and O–H groups in total. The number of nitrogen functional groups attached to an aromatic ring is 1. The fraction of sp³-hybridized carbons (Fsp3) is 0.296. The third-order valence-corrected chi connectivity index (χ3v) is 5.99. The fourth-order valence-electron chi connectivity index (χ4n) is 4.31. The lowest BCUT2D eigenvalue weighted by Gasteiger charge is -2.29. The molecule has 5 rings (SSSR count). The van der Waals surface area contributed by atoms with Crippen molar-refractivity contribution >= 4 is 28.6 Å². The molecule has 3 heterocycles. The normalized spacial score (nSPS) is 14.3. The molecule has 1 saturated heterocycles. The quantitative estimate of drug-likeness (QED) is 0.467. The molecule has 180 valence electrons. The summed E-state index contributed by atoms with van der Waals surface area (Å²) in [4.78, 5) is 23.8. The van der Waals surface area contributed by atoms with Gasteiger partial charge in [-0.15, -0.1) is 0 Å². The van der Waals surface area contributed by atoms with Crippen molar-refractivity contribution < 1.29 is 9.53 Å². The monoisotopic (exact) mass is 470 g/mol. The average molecular weight is 471 g/mol. The molecule has 8 heteroatoms. The molecular weight excluding hydrogens is 440 g/mol. The molecule has 0 atom stereocenters. The number of nitrogens with zero attached hydrogens (tertiary/aromatic N) is 4. The maximum absolute atomic E-state index is 12.6. The third-order valence-electron chi connectivity index (χ3n) is 5.99. The molecule has 2 aromatic heterocycles. The molecule has 1 aliphatic heterocycles. The van der Waals surface area contributed by atoms with Gasteiger partial charge in [0, 0.05) is 48.0 Å². The number of hydrogen-bond donors (Lipinski definition) is 2. The summed E-state index contributed by atoms with van der Waals surface area (Å²) < 4.78 is 7.41. The van der Waals surface area contributed by atoms with Crippen LogP contribution in [0.5, 0.6) is 0 Å². The Balaban J connectivity index is 1.49. The van der Waals surface area contributed by atoms with E-state index in [4.69, 9.17) is 10.5 Å². The van der Waals surface area contributed by atoms with Gasteiger partial charge in [-0.05, 0) is 68.8 Å². The van der Waals surface area contributed by atoms with E-state index in [2.05, 4.69) is 44.5 Å². The zero-order chi connectivity index (χ0) is 24.6. The molecule has 0 aliphatic carbocycles. The minimum Gasteiger partial charge on any atom is -0.378 e. The Morgan fingerprint density at radius 2 is 1.69 bits per heavy atom. The number of pyridine rings is 1. The number of carbonyl (C=O) groups excluding carboxylic acids is 1. The van der Waals surface area contributed by atoms with Crippen LogP contribution in [-0.2, 0) is 4.74 Å². The van der Waals surface area contributed by atoms with Crippen molar-refractivity contribution in [2.75, 3.05) is 36.9 Å². The van der Waals surface area contributed by atoms with Crippen molar-refractivity contribution in [3.05, 3.63) is 66.5 Å². The molecule has 0 unspecified atom stereocenters. The molecule has 35 heavy (non-hydrogen) atoms. The second-order valence-corrected chi connectivity index (χ2v) is 9.79. The molecule has 0 spiro atoms. The van der Waals surface area contributed by atoms with Crippen LogP contribution in [0.1, 0.15) is 31.1 Å². The molecule has 2 aromatic carbocycles. The van der Waals surface area contributed by atoms with Crippen molar-refractivity contribution in [1.29, 1.82) is 0 Å². The Hall–Kier alpha value is -3.91. The minimum atomic E-state index is -0.326. The average Bonchev–Trinajstić information content (AvgIpc) is 3.18. The number of anilines is 2. The highest BCUT2D eigenvalue weighted by Gasteiger charge is 2.17. The molecule has 8 nitrogen and oxygen atoms in total. The molecule has 1 fully saturated rings. The van der Waals surface area contributed by atoms with Crippen LogP contribution in [0.2, 0.25) is 0 Å². The predicted octanol–water partition coefficient (Wildman–Crippen LogP) is 4.03. The third kappa shape index (κ3) is 4.83. The Morgan fingerprint density at radius 1 is 0.971 bits per heavy atom. The Kier molecular flexibility index (Phi) is 5.90. The van der Waals surface area contributed by atoms with E-state index in [9.17, 15) is 4.79 Å². The summed E-state index contributed by atoms with van der Waals surface area (Å²) in [6, 6.07) is 16.2. The van der Waals surface area contributed by atoms with E-state index in [1.54, 1.807) is 12.4 Å². The van der Waals surface area contributed by atoms with Crippen LogP contribution in [0.3, 0.4) is 0 Å². The fourth-order valence-corrected chi connectivity index (χ4v) is 4.31. The van der Waals surface area contributed by atoms with Gasteiger partial charge in [0.1, 0.15) is 0 Å². The van der Waals surface area contributed by atoms with Crippen molar-refractivity contribution in [3.63, 3.8) is 0 Å². The van der Waals surface area contributed by atoms with Gasteiger partial charge in [-0.25, -0.2) is 4.98 Å². The number of amides is 1. The maximum Gasteiger partial charge on any atom is 0.253 e. The molecule has 1 aliphatic rings. The van der Waals surface area contributed by atoms with E-state index in [1.165, 1.54) is 0 Å². The highest BCUT2D eigenvalue weighted by atomic mass is 16.5. The largest absolute Gasteiger partial charge is 0.378 e. The summed E-state index contributed by atoms with van der Waals surface area (Å²) in [7, 11) is 0. The number of nitrogens with one attached hydrogen (secondary N) is 1. The number of imidazole rings is 1. The summed E-state index contributed by atoms with van der Waals surface area (Å²) in [5.41, 5.74) is 12.1. The first kappa shape index (κ1) is 22.9. The SMILES string of the molecule is CC(C)(C)NC(=O)c1cncc(-c2ccc3nc(N)n(-c4ccc(N5CCOCC5)cc4)c3c2)c1. The van der Waals surface area contributed by atoms with E-state index < -0.39 is 0 Å².